The van der Waals surface area contributed by atoms with E-state index in [1.807, 2.05) is 0 Å². The van der Waals surface area contributed by atoms with Gasteiger partial charge in [-0.1, -0.05) is 19.1 Å². The van der Waals surface area contributed by atoms with E-state index in [0.29, 0.717) is 5.56 Å². The van der Waals surface area contributed by atoms with Crippen LogP contribution in [0, 0.1) is 11.8 Å². The summed E-state index contributed by atoms with van der Waals surface area (Å²) in [6.07, 6.45) is -1.59. The van der Waals surface area contributed by atoms with Crippen LogP contribution in [0.3, 0.4) is 0 Å². The number of carbonyl (C=O) groups excluding carboxylic acids is 3. The maximum Gasteiger partial charge on any atom is 0.255 e. The molecule has 0 radical (unpaired) electrons. The highest BCUT2D eigenvalue weighted by Crippen LogP contribution is 2.55. The van der Waals surface area contributed by atoms with Gasteiger partial charge in [-0.2, -0.15) is 0 Å². The standard InChI is InChI=1S/C22H24N2O8.ClH/c1-7-8-5-4-6-9(25)11(8)16(26)12-10(7)17(27)14-15(24(2)3)18(28)13(21(23)31)20(30)22(14,32)19(12)29;/h4-7,10,14-15,17,25-27,30,32H,1-3H3,(H2,23,31);1H/t7-,10+,14+,15+,17-,22-;/m0./s1. The second kappa shape index (κ2) is 7.84. The highest BCUT2D eigenvalue weighted by atomic mass is 35.5. The number of fused-ring (bicyclic) bond motifs is 3. The van der Waals surface area contributed by atoms with E-state index in [1.54, 1.807) is 19.1 Å². The van der Waals surface area contributed by atoms with Crippen LogP contribution < -0.4 is 5.73 Å². The first kappa shape index (κ1) is 24.7. The number of aromatic hydroxyl groups is 1. The molecule has 1 aromatic carbocycles. The van der Waals surface area contributed by atoms with Crippen molar-refractivity contribution < 1.29 is 39.9 Å². The number of phenolic OH excluding ortho intramolecular Hbond substituents is 1. The number of phenols is 1. The molecule has 0 aromatic heterocycles. The molecule has 1 saturated carbocycles. The predicted molar refractivity (Wildman–Crippen MR) is 118 cm³/mol. The second-order valence-electron chi connectivity index (χ2n) is 8.79. The summed E-state index contributed by atoms with van der Waals surface area (Å²) < 4.78 is 0. The zero-order chi connectivity index (χ0) is 23.9. The van der Waals surface area contributed by atoms with E-state index in [-0.39, 0.29) is 23.7 Å². The average Bonchev–Trinajstić information content (AvgIpc) is 2.70. The molecule has 1 amide bonds. The zero-order valence-corrected chi connectivity index (χ0v) is 18.8. The molecule has 0 heterocycles. The van der Waals surface area contributed by atoms with Crippen LogP contribution in [0.1, 0.15) is 24.0 Å². The zero-order valence-electron chi connectivity index (χ0n) is 18.0. The van der Waals surface area contributed by atoms with Crippen molar-refractivity contribution in [1.82, 2.24) is 4.90 Å². The molecule has 10 nitrogen and oxygen atoms in total. The number of carbonyl (C=O) groups is 3. The van der Waals surface area contributed by atoms with Crippen molar-refractivity contribution >= 4 is 35.6 Å². The van der Waals surface area contributed by atoms with E-state index in [4.69, 9.17) is 5.73 Å². The molecule has 11 heteroatoms. The van der Waals surface area contributed by atoms with E-state index in [0.717, 1.165) is 0 Å². The first-order valence-corrected chi connectivity index (χ1v) is 10.0. The molecule has 0 bridgehead atoms. The van der Waals surface area contributed by atoms with Crippen molar-refractivity contribution in [2.75, 3.05) is 14.1 Å². The number of rotatable bonds is 2. The van der Waals surface area contributed by atoms with Crippen LogP contribution in [0.4, 0.5) is 0 Å². The van der Waals surface area contributed by atoms with Gasteiger partial charge < -0.3 is 31.3 Å². The van der Waals surface area contributed by atoms with Gasteiger partial charge in [-0.25, -0.2) is 0 Å². The van der Waals surface area contributed by atoms with Gasteiger partial charge in [0.2, 0.25) is 5.78 Å². The SMILES string of the molecule is C[C@H]1c2cccc(O)c2C(O)=C2C(=O)[C@]3(O)C(O)=C(C(N)=O)C(=O)[C@H](N(C)C)[C@@H]3[C@@H](O)[C@@H]21.Cl. The monoisotopic (exact) mass is 480 g/mol. The number of halogens is 1. The van der Waals surface area contributed by atoms with Gasteiger partial charge in [0, 0.05) is 11.5 Å². The number of aliphatic hydroxyl groups is 4. The van der Waals surface area contributed by atoms with E-state index in [1.165, 1.54) is 25.1 Å². The van der Waals surface area contributed by atoms with Gasteiger partial charge in [-0.05, 0) is 31.6 Å². The number of hydrogen-bond donors (Lipinski definition) is 6. The number of nitrogens with two attached hydrogens (primary N) is 1. The number of ketones is 2. The summed E-state index contributed by atoms with van der Waals surface area (Å²) in [6, 6.07) is 3.13. The lowest BCUT2D eigenvalue weighted by Crippen LogP contribution is -2.70. The number of nitrogens with zero attached hydrogens (tertiary/aromatic N) is 1. The fourth-order valence-electron chi connectivity index (χ4n) is 5.58. The van der Waals surface area contributed by atoms with Crippen LogP contribution >= 0.6 is 12.4 Å². The fraction of sp³-hybridized carbons (Fsp3) is 0.409. The molecule has 4 rings (SSSR count). The van der Waals surface area contributed by atoms with E-state index >= 15 is 0 Å². The highest BCUT2D eigenvalue weighted by molar-refractivity contribution is 6.24. The molecule has 3 aliphatic rings. The molecule has 0 aliphatic heterocycles. The van der Waals surface area contributed by atoms with E-state index < -0.39 is 75.6 Å². The summed E-state index contributed by atoms with van der Waals surface area (Å²) in [4.78, 5) is 40.0. The van der Waals surface area contributed by atoms with Crippen LogP contribution in [0.5, 0.6) is 5.75 Å². The first-order chi connectivity index (χ1) is 14.9. The normalized spacial score (nSPS) is 33.3. The smallest absolute Gasteiger partial charge is 0.255 e. The Hall–Kier alpha value is -2.92. The minimum absolute atomic E-state index is 0. The topological polar surface area (TPSA) is 182 Å². The van der Waals surface area contributed by atoms with E-state index in [9.17, 15) is 39.9 Å². The number of aliphatic hydroxyl groups excluding tert-OH is 3. The lowest BCUT2D eigenvalue weighted by atomic mass is 9.54. The van der Waals surface area contributed by atoms with Crippen molar-refractivity contribution in [3.8, 4) is 5.75 Å². The Morgan fingerprint density at radius 1 is 1.15 bits per heavy atom. The third-order valence-corrected chi connectivity index (χ3v) is 6.99. The maximum absolute atomic E-state index is 13.7. The van der Waals surface area contributed by atoms with Crippen molar-refractivity contribution in [2.45, 2.75) is 30.6 Å². The van der Waals surface area contributed by atoms with Gasteiger partial charge in [0.05, 0.1) is 23.6 Å². The number of primary amides is 1. The number of benzene rings is 1. The number of Topliss-reactive ketones (excluding diaryl/α,β-unsaturated/α-hetero) is 2. The van der Waals surface area contributed by atoms with Gasteiger partial charge in [0.15, 0.2) is 11.4 Å². The summed E-state index contributed by atoms with van der Waals surface area (Å²) in [5.41, 5.74) is 1.47. The van der Waals surface area contributed by atoms with Crippen molar-refractivity contribution in [2.24, 2.45) is 17.6 Å². The fourth-order valence-corrected chi connectivity index (χ4v) is 5.58. The lowest BCUT2D eigenvalue weighted by molar-refractivity contribution is -0.169. The highest BCUT2D eigenvalue weighted by Gasteiger charge is 2.68. The largest absolute Gasteiger partial charge is 0.508 e. The molecule has 33 heavy (non-hydrogen) atoms. The molecule has 0 saturated heterocycles. The van der Waals surface area contributed by atoms with Crippen LogP contribution in [0.2, 0.25) is 0 Å². The maximum atomic E-state index is 13.7. The molecule has 0 unspecified atom stereocenters. The van der Waals surface area contributed by atoms with Crippen molar-refractivity contribution in [1.29, 1.82) is 0 Å². The molecule has 178 valence electrons. The van der Waals surface area contributed by atoms with Gasteiger partial charge >= 0.3 is 0 Å². The molecule has 1 fully saturated rings. The quantitative estimate of drug-likeness (QED) is 0.315. The Morgan fingerprint density at radius 3 is 2.30 bits per heavy atom. The molecule has 6 atom stereocenters. The number of likely N-dealkylation sites (N-methyl/N-ethyl adjacent to an activating group) is 1. The Labute approximate surface area is 195 Å². The van der Waals surface area contributed by atoms with Crippen molar-refractivity contribution in [3.63, 3.8) is 0 Å². The van der Waals surface area contributed by atoms with E-state index in [2.05, 4.69) is 0 Å². The van der Waals surface area contributed by atoms with Crippen molar-refractivity contribution in [3.05, 3.63) is 46.2 Å². The third-order valence-electron chi connectivity index (χ3n) is 6.99. The van der Waals surface area contributed by atoms with Crippen LogP contribution in [0.25, 0.3) is 5.76 Å². The molecular formula is C22H25ClN2O8. The van der Waals surface area contributed by atoms with Gasteiger partial charge in [0.25, 0.3) is 5.91 Å². The molecule has 0 spiro atoms. The van der Waals surface area contributed by atoms with Crippen LogP contribution in [0.15, 0.2) is 35.1 Å². The van der Waals surface area contributed by atoms with Gasteiger partial charge in [-0.15, -0.1) is 12.4 Å². The minimum atomic E-state index is -2.89. The molecule has 1 aromatic rings. The Morgan fingerprint density at radius 2 is 1.76 bits per heavy atom. The van der Waals surface area contributed by atoms with Crippen LogP contribution in [-0.4, -0.2) is 79.7 Å². The van der Waals surface area contributed by atoms with Gasteiger partial charge in [0.1, 0.15) is 22.8 Å². The second-order valence-corrected chi connectivity index (χ2v) is 8.79. The summed E-state index contributed by atoms with van der Waals surface area (Å²) in [6.45, 7) is 1.68. The van der Waals surface area contributed by atoms with Crippen LogP contribution in [-0.2, 0) is 14.4 Å². The Balaban J connectivity index is 0.00000306. The molecule has 7 N–H and O–H groups in total. The molecular weight excluding hydrogens is 456 g/mol. The lowest BCUT2D eigenvalue weighted by Gasteiger charge is -2.53. The number of amides is 1. The summed E-state index contributed by atoms with van der Waals surface area (Å²) >= 11 is 0. The van der Waals surface area contributed by atoms with Gasteiger partial charge in [-0.3, -0.25) is 19.3 Å². The third kappa shape index (κ3) is 2.95. The first-order valence-electron chi connectivity index (χ1n) is 10.0. The number of hydrogen-bond acceptors (Lipinski definition) is 9. The summed E-state index contributed by atoms with van der Waals surface area (Å²) in [7, 11) is 2.92. The summed E-state index contributed by atoms with van der Waals surface area (Å²) in [5, 5.41) is 54.9. The Kier molecular flexibility index (Phi) is 5.87. The molecule has 3 aliphatic carbocycles. The Bertz CT molecular complexity index is 1140. The average molecular weight is 481 g/mol. The summed E-state index contributed by atoms with van der Waals surface area (Å²) in [5.74, 6) is -8.87. The predicted octanol–water partition coefficient (Wildman–Crippen LogP) is -0.0824. The minimum Gasteiger partial charge on any atom is -0.508 e.